The molecule has 0 saturated carbocycles. The van der Waals surface area contributed by atoms with E-state index >= 15 is 0 Å². The Balaban J connectivity index is 2.60. The molecule has 90 valence electrons. The van der Waals surface area contributed by atoms with Gasteiger partial charge in [-0.05, 0) is 0 Å². The molecule has 0 unspecified atom stereocenters. The molecule has 2 rings (SSSR count). The van der Waals surface area contributed by atoms with Crippen molar-refractivity contribution >= 4 is 5.97 Å². The summed E-state index contributed by atoms with van der Waals surface area (Å²) in [6.45, 7) is 0. The van der Waals surface area contributed by atoms with Gasteiger partial charge in [0.1, 0.15) is 11.3 Å². The number of rotatable bonds is 3. The van der Waals surface area contributed by atoms with Crippen molar-refractivity contribution in [2.24, 2.45) is 7.05 Å². The molecule has 0 amide bonds. The van der Waals surface area contributed by atoms with Crippen molar-refractivity contribution in [2.75, 3.05) is 0 Å². The third-order valence-electron chi connectivity index (χ3n) is 2.20. The van der Waals surface area contributed by atoms with Crippen molar-refractivity contribution in [3.8, 4) is 11.3 Å². The number of H-pyrrole nitrogens is 1. The van der Waals surface area contributed by atoms with Gasteiger partial charge in [-0.3, -0.25) is 9.78 Å². The summed E-state index contributed by atoms with van der Waals surface area (Å²) in [5, 5.41) is 18.4. The van der Waals surface area contributed by atoms with E-state index in [1.165, 1.54) is 17.9 Å². The summed E-state index contributed by atoms with van der Waals surface area (Å²) in [6, 6.07) is 0. The Morgan fingerprint density at radius 3 is 2.88 bits per heavy atom. The lowest BCUT2D eigenvalue weighted by molar-refractivity contribution is 0.0697. The average molecular weight is 242 g/mol. The third-order valence-corrected chi connectivity index (χ3v) is 2.20. The van der Waals surface area contributed by atoms with Gasteiger partial charge in [-0.25, -0.2) is 13.6 Å². The number of hydrogen-bond acceptors (Lipinski definition) is 3. The maximum atomic E-state index is 12.7. The number of aromatic carboxylic acids is 1. The average Bonchev–Trinajstić information content (AvgIpc) is 2.82. The van der Waals surface area contributed by atoms with E-state index in [4.69, 9.17) is 5.11 Å². The minimum atomic E-state index is -2.78. The summed E-state index contributed by atoms with van der Waals surface area (Å²) in [5.74, 6) is -1.24. The lowest BCUT2D eigenvalue weighted by Crippen LogP contribution is -1.98. The molecule has 17 heavy (non-hydrogen) atoms. The summed E-state index contributed by atoms with van der Waals surface area (Å²) in [6.07, 6.45) is -0.391. The van der Waals surface area contributed by atoms with E-state index in [0.717, 1.165) is 6.20 Å². The van der Waals surface area contributed by atoms with Crippen molar-refractivity contribution in [2.45, 2.75) is 6.43 Å². The van der Waals surface area contributed by atoms with Crippen LogP contribution in [0.3, 0.4) is 0 Å². The fraction of sp³-hybridized carbons (Fsp3) is 0.222. The summed E-state index contributed by atoms with van der Waals surface area (Å²) in [4.78, 5) is 10.9. The monoisotopic (exact) mass is 242 g/mol. The Kier molecular flexibility index (Phi) is 2.62. The SMILES string of the molecule is Cn1cc(-c2[nH]ncc2C(=O)O)c(C(F)F)n1. The lowest BCUT2D eigenvalue weighted by Gasteiger charge is -1.99. The van der Waals surface area contributed by atoms with E-state index in [0.29, 0.717) is 0 Å². The zero-order chi connectivity index (χ0) is 12.6. The van der Waals surface area contributed by atoms with Crippen molar-refractivity contribution < 1.29 is 18.7 Å². The zero-order valence-corrected chi connectivity index (χ0v) is 8.69. The number of carbonyl (C=O) groups is 1. The quantitative estimate of drug-likeness (QED) is 0.853. The van der Waals surface area contributed by atoms with Gasteiger partial charge in [-0.1, -0.05) is 0 Å². The molecule has 2 heterocycles. The fourth-order valence-electron chi connectivity index (χ4n) is 1.51. The van der Waals surface area contributed by atoms with Crippen LogP contribution in [0.4, 0.5) is 8.78 Å². The maximum absolute atomic E-state index is 12.7. The van der Waals surface area contributed by atoms with Crippen molar-refractivity contribution in [1.82, 2.24) is 20.0 Å². The minimum absolute atomic E-state index is 0.0286. The van der Waals surface area contributed by atoms with Crippen LogP contribution in [-0.4, -0.2) is 31.1 Å². The predicted octanol–water partition coefficient (Wildman–Crippen LogP) is 1.45. The first-order valence-corrected chi connectivity index (χ1v) is 4.59. The van der Waals surface area contributed by atoms with Gasteiger partial charge in [0.2, 0.25) is 0 Å². The van der Waals surface area contributed by atoms with Crippen LogP contribution in [0.1, 0.15) is 22.5 Å². The third kappa shape index (κ3) is 1.88. The van der Waals surface area contributed by atoms with Gasteiger partial charge < -0.3 is 5.11 Å². The molecule has 2 aromatic heterocycles. The molecule has 0 spiro atoms. The van der Waals surface area contributed by atoms with Gasteiger partial charge in [0.05, 0.1) is 11.9 Å². The molecule has 8 heteroatoms. The Morgan fingerprint density at radius 2 is 2.29 bits per heavy atom. The van der Waals surface area contributed by atoms with Crippen LogP contribution in [0.25, 0.3) is 11.3 Å². The summed E-state index contributed by atoms with van der Waals surface area (Å²) < 4.78 is 26.6. The molecule has 0 aliphatic rings. The van der Waals surface area contributed by atoms with Crippen LogP contribution in [-0.2, 0) is 7.05 Å². The molecule has 0 radical (unpaired) electrons. The minimum Gasteiger partial charge on any atom is -0.478 e. The number of alkyl halides is 2. The fourth-order valence-corrected chi connectivity index (χ4v) is 1.51. The molecule has 0 aromatic carbocycles. The van der Waals surface area contributed by atoms with E-state index in [9.17, 15) is 13.6 Å². The second kappa shape index (κ2) is 3.96. The number of aryl methyl sites for hydroxylation is 1. The van der Waals surface area contributed by atoms with Crippen molar-refractivity contribution in [3.05, 3.63) is 23.7 Å². The van der Waals surface area contributed by atoms with Gasteiger partial charge in [0.15, 0.2) is 0 Å². The highest BCUT2D eigenvalue weighted by atomic mass is 19.3. The van der Waals surface area contributed by atoms with E-state index in [2.05, 4.69) is 15.3 Å². The first-order chi connectivity index (χ1) is 8.00. The van der Waals surface area contributed by atoms with Gasteiger partial charge >= 0.3 is 5.97 Å². The van der Waals surface area contributed by atoms with Crippen LogP contribution >= 0.6 is 0 Å². The second-order valence-electron chi connectivity index (χ2n) is 3.37. The Labute approximate surface area is 93.9 Å². The Morgan fingerprint density at radius 1 is 1.59 bits per heavy atom. The normalized spacial score (nSPS) is 11.1. The van der Waals surface area contributed by atoms with Gasteiger partial charge in [0.25, 0.3) is 6.43 Å². The molecular formula is C9H8F2N4O2. The topological polar surface area (TPSA) is 83.8 Å². The van der Waals surface area contributed by atoms with Gasteiger partial charge in [0, 0.05) is 18.8 Å². The van der Waals surface area contributed by atoms with Crippen LogP contribution in [0.2, 0.25) is 0 Å². The summed E-state index contributed by atoms with van der Waals surface area (Å²) >= 11 is 0. The first kappa shape index (κ1) is 11.2. The van der Waals surface area contributed by atoms with Crippen LogP contribution in [0.15, 0.2) is 12.4 Å². The summed E-state index contributed by atoms with van der Waals surface area (Å²) in [7, 11) is 1.48. The second-order valence-corrected chi connectivity index (χ2v) is 3.37. The number of nitrogens with zero attached hydrogens (tertiary/aromatic N) is 3. The Hall–Kier alpha value is -2.25. The molecule has 2 aromatic rings. The highest BCUT2D eigenvalue weighted by Crippen LogP contribution is 2.30. The lowest BCUT2D eigenvalue weighted by atomic mass is 10.1. The molecule has 0 fully saturated rings. The Bertz CT molecular complexity index is 561. The van der Waals surface area contributed by atoms with E-state index in [-0.39, 0.29) is 16.8 Å². The number of carboxylic acids is 1. The van der Waals surface area contributed by atoms with Gasteiger partial charge in [-0.15, -0.1) is 0 Å². The highest BCUT2D eigenvalue weighted by molar-refractivity contribution is 5.94. The first-order valence-electron chi connectivity index (χ1n) is 4.59. The standard InChI is InChI=1S/C9H8F2N4O2/c1-15-3-5(7(14-15)8(10)11)6-4(9(16)17)2-12-13-6/h2-3,8H,1H3,(H,12,13)(H,16,17). The number of aromatic nitrogens is 4. The van der Waals surface area contributed by atoms with E-state index in [1.54, 1.807) is 0 Å². The molecule has 0 aliphatic heterocycles. The molecule has 0 saturated heterocycles. The largest absolute Gasteiger partial charge is 0.478 e. The molecule has 0 aliphatic carbocycles. The smallest absolute Gasteiger partial charge is 0.339 e. The molecular weight excluding hydrogens is 234 g/mol. The number of aromatic amines is 1. The van der Waals surface area contributed by atoms with E-state index in [1.807, 2.05) is 0 Å². The molecule has 2 N–H and O–H groups in total. The zero-order valence-electron chi connectivity index (χ0n) is 8.69. The molecule has 0 atom stereocenters. The number of hydrogen-bond donors (Lipinski definition) is 2. The highest BCUT2D eigenvalue weighted by Gasteiger charge is 2.23. The molecule has 6 nitrogen and oxygen atoms in total. The van der Waals surface area contributed by atoms with Gasteiger partial charge in [-0.2, -0.15) is 10.2 Å². The van der Waals surface area contributed by atoms with Crippen molar-refractivity contribution in [1.29, 1.82) is 0 Å². The predicted molar refractivity (Wildman–Crippen MR) is 52.7 cm³/mol. The number of nitrogens with one attached hydrogen (secondary N) is 1. The molecule has 0 bridgehead atoms. The van der Waals surface area contributed by atoms with Crippen molar-refractivity contribution in [3.63, 3.8) is 0 Å². The van der Waals surface area contributed by atoms with E-state index < -0.39 is 18.1 Å². The summed E-state index contributed by atoms with van der Waals surface area (Å²) in [5.41, 5.74) is -0.572. The number of halogens is 2. The number of carboxylic acid groups (broad SMARTS) is 1. The van der Waals surface area contributed by atoms with Crippen LogP contribution in [0, 0.1) is 0 Å². The van der Waals surface area contributed by atoms with Crippen LogP contribution < -0.4 is 0 Å². The van der Waals surface area contributed by atoms with Crippen LogP contribution in [0.5, 0.6) is 0 Å². The maximum Gasteiger partial charge on any atom is 0.339 e.